The second-order valence-electron chi connectivity index (χ2n) is 6.17. The van der Waals surface area contributed by atoms with Crippen molar-refractivity contribution in [2.24, 2.45) is 11.1 Å². The van der Waals surface area contributed by atoms with Crippen LogP contribution in [-0.2, 0) is 0 Å². The summed E-state index contributed by atoms with van der Waals surface area (Å²) in [6.07, 6.45) is 8.39. The van der Waals surface area contributed by atoms with E-state index in [4.69, 9.17) is 22.1 Å². The molecule has 110 valence electrons. The molecule has 2 aliphatic carbocycles. The van der Waals surface area contributed by atoms with Gasteiger partial charge in [0.15, 0.2) is 0 Å². The van der Waals surface area contributed by atoms with Crippen LogP contribution in [0, 0.1) is 11.2 Å². The quantitative estimate of drug-likeness (QED) is 0.883. The monoisotopic (exact) mass is 297 g/mol. The van der Waals surface area contributed by atoms with E-state index in [2.05, 4.69) is 0 Å². The Morgan fingerprint density at radius 2 is 1.90 bits per heavy atom. The first-order valence-corrected chi connectivity index (χ1v) is 7.87. The molecule has 0 bridgehead atoms. The summed E-state index contributed by atoms with van der Waals surface area (Å²) >= 11 is 5.81. The molecule has 0 aromatic heterocycles. The first-order valence-electron chi connectivity index (χ1n) is 7.49. The summed E-state index contributed by atoms with van der Waals surface area (Å²) in [7, 11) is 0. The van der Waals surface area contributed by atoms with Crippen molar-refractivity contribution in [1.29, 1.82) is 0 Å². The molecule has 2 fully saturated rings. The van der Waals surface area contributed by atoms with Gasteiger partial charge in [0.05, 0.1) is 5.02 Å². The van der Waals surface area contributed by atoms with Crippen molar-refractivity contribution in [3.63, 3.8) is 0 Å². The summed E-state index contributed by atoms with van der Waals surface area (Å²) in [6, 6.07) is 4.80. The van der Waals surface area contributed by atoms with Gasteiger partial charge in [0.25, 0.3) is 0 Å². The lowest BCUT2D eigenvalue weighted by molar-refractivity contribution is -0.0770. The van der Waals surface area contributed by atoms with Crippen LogP contribution >= 0.6 is 11.6 Å². The van der Waals surface area contributed by atoms with Gasteiger partial charge in [0, 0.05) is 23.9 Å². The second kappa shape index (κ2) is 5.53. The van der Waals surface area contributed by atoms with Gasteiger partial charge in [0.1, 0.15) is 17.7 Å². The van der Waals surface area contributed by atoms with Crippen molar-refractivity contribution in [3.05, 3.63) is 29.0 Å². The third-order valence-electron chi connectivity index (χ3n) is 5.05. The Balaban J connectivity index is 1.75. The summed E-state index contributed by atoms with van der Waals surface area (Å²) < 4.78 is 19.3. The number of benzene rings is 1. The molecule has 2 unspecified atom stereocenters. The van der Waals surface area contributed by atoms with Crippen molar-refractivity contribution in [1.82, 2.24) is 0 Å². The topological polar surface area (TPSA) is 35.2 Å². The van der Waals surface area contributed by atoms with Gasteiger partial charge in [-0.15, -0.1) is 0 Å². The molecule has 2 nitrogen and oxygen atoms in total. The van der Waals surface area contributed by atoms with Crippen LogP contribution < -0.4 is 10.5 Å². The van der Waals surface area contributed by atoms with Gasteiger partial charge >= 0.3 is 0 Å². The van der Waals surface area contributed by atoms with Crippen molar-refractivity contribution in [2.75, 3.05) is 0 Å². The van der Waals surface area contributed by atoms with E-state index in [1.54, 1.807) is 12.1 Å². The normalized spacial score (nSPS) is 28.8. The highest BCUT2D eigenvalue weighted by molar-refractivity contribution is 6.30. The fourth-order valence-electron chi connectivity index (χ4n) is 3.74. The van der Waals surface area contributed by atoms with E-state index in [0.29, 0.717) is 5.75 Å². The van der Waals surface area contributed by atoms with E-state index in [-0.39, 0.29) is 22.6 Å². The molecule has 0 saturated heterocycles. The largest absolute Gasteiger partial charge is 0.490 e. The van der Waals surface area contributed by atoms with Gasteiger partial charge in [-0.25, -0.2) is 4.39 Å². The van der Waals surface area contributed by atoms with E-state index in [1.807, 2.05) is 0 Å². The van der Waals surface area contributed by atoms with Crippen LogP contribution in [0.3, 0.4) is 0 Å². The Morgan fingerprint density at radius 3 is 2.50 bits per heavy atom. The zero-order valence-electron chi connectivity index (χ0n) is 11.6. The molecule has 1 aromatic rings. The molecule has 0 radical (unpaired) electrons. The maximum absolute atomic E-state index is 13.2. The first kappa shape index (κ1) is 14.2. The van der Waals surface area contributed by atoms with E-state index in [0.717, 1.165) is 19.3 Å². The molecule has 2 saturated carbocycles. The van der Waals surface area contributed by atoms with E-state index in [1.165, 1.54) is 31.7 Å². The van der Waals surface area contributed by atoms with Crippen LogP contribution in [0.15, 0.2) is 18.2 Å². The van der Waals surface area contributed by atoms with Crippen LogP contribution in [0.2, 0.25) is 5.02 Å². The zero-order valence-corrected chi connectivity index (χ0v) is 12.3. The maximum atomic E-state index is 13.2. The molecule has 2 N–H and O–H groups in total. The van der Waals surface area contributed by atoms with Crippen molar-refractivity contribution < 1.29 is 9.13 Å². The third kappa shape index (κ3) is 2.42. The zero-order chi connectivity index (χ0) is 14.2. The second-order valence-corrected chi connectivity index (χ2v) is 6.58. The van der Waals surface area contributed by atoms with Gasteiger partial charge in [-0.3, -0.25) is 0 Å². The van der Waals surface area contributed by atoms with Crippen LogP contribution in [0.5, 0.6) is 5.75 Å². The van der Waals surface area contributed by atoms with Crippen molar-refractivity contribution in [3.8, 4) is 5.75 Å². The van der Waals surface area contributed by atoms with E-state index in [9.17, 15) is 4.39 Å². The van der Waals surface area contributed by atoms with Gasteiger partial charge < -0.3 is 10.5 Å². The number of nitrogens with two attached hydrogens (primary N) is 1. The summed E-state index contributed by atoms with van der Waals surface area (Å²) in [5.41, 5.74) is 6.41. The van der Waals surface area contributed by atoms with Crippen molar-refractivity contribution in [2.45, 2.75) is 57.1 Å². The SMILES string of the molecule is NC1CC(Oc2ccc(F)c(Cl)c2)C12CCCCCC2. The van der Waals surface area contributed by atoms with E-state index < -0.39 is 5.82 Å². The first-order chi connectivity index (χ1) is 9.62. The van der Waals surface area contributed by atoms with Crippen LogP contribution in [0.1, 0.15) is 44.9 Å². The molecule has 4 heteroatoms. The third-order valence-corrected chi connectivity index (χ3v) is 5.34. The van der Waals surface area contributed by atoms with E-state index >= 15 is 0 Å². The van der Waals surface area contributed by atoms with Crippen LogP contribution in [0.25, 0.3) is 0 Å². The Kier molecular flexibility index (Phi) is 3.91. The fraction of sp³-hybridized carbons (Fsp3) is 0.625. The smallest absolute Gasteiger partial charge is 0.142 e. The summed E-state index contributed by atoms with van der Waals surface area (Å²) in [5.74, 6) is 0.241. The molecule has 2 atom stereocenters. The molecule has 0 aliphatic heterocycles. The summed E-state index contributed by atoms with van der Waals surface area (Å²) in [6.45, 7) is 0. The highest BCUT2D eigenvalue weighted by Crippen LogP contribution is 2.51. The standard InChI is InChI=1S/C16H21ClFNO/c17-12-9-11(5-6-13(12)18)20-15-10-14(19)16(15)7-3-1-2-4-8-16/h5-6,9,14-15H,1-4,7-8,10,19H2. The Morgan fingerprint density at radius 1 is 1.20 bits per heavy atom. The van der Waals surface area contributed by atoms with Crippen LogP contribution in [-0.4, -0.2) is 12.1 Å². The maximum Gasteiger partial charge on any atom is 0.142 e. The average Bonchev–Trinajstić information content (AvgIpc) is 2.70. The molecule has 0 heterocycles. The lowest BCUT2D eigenvalue weighted by atomic mass is 9.58. The lowest BCUT2D eigenvalue weighted by Crippen LogP contribution is -2.63. The minimum atomic E-state index is -0.409. The van der Waals surface area contributed by atoms with Crippen LogP contribution in [0.4, 0.5) is 4.39 Å². The molecule has 20 heavy (non-hydrogen) atoms. The predicted molar refractivity (Wildman–Crippen MR) is 78.6 cm³/mol. The number of halogens is 2. The van der Waals surface area contributed by atoms with Gasteiger partial charge in [0.2, 0.25) is 0 Å². The lowest BCUT2D eigenvalue weighted by Gasteiger charge is -2.54. The minimum absolute atomic E-state index is 0.112. The summed E-state index contributed by atoms with van der Waals surface area (Å²) in [5, 5.41) is 0.112. The molecule has 1 aromatic carbocycles. The fourth-order valence-corrected chi connectivity index (χ4v) is 3.91. The molecule has 0 amide bonds. The highest BCUT2D eigenvalue weighted by Gasteiger charge is 2.54. The predicted octanol–water partition coefficient (Wildman–Crippen LogP) is 4.30. The number of hydrogen-bond acceptors (Lipinski definition) is 2. The van der Waals surface area contributed by atoms with Gasteiger partial charge in [-0.05, 0) is 25.0 Å². The minimum Gasteiger partial charge on any atom is -0.490 e. The highest BCUT2D eigenvalue weighted by atomic mass is 35.5. The van der Waals surface area contributed by atoms with Gasteiger partial charge in [-0.2, -0.15) is 0 Å². The van der Waals surface area contributed by atoms with Crippen molar-refractivity contribution >= 4 is 11.6 Å². The number of rotatable bonds is 2. The molecular formula is C16H21ClFNO. The Bertz CT molecular complexity index is 485. The van der Waals surface area contributed by atoms with Gasteiger partial charge in [-0.1, -0.05) is 37.3 Å². The Hall–Kier alpha value is -0.800. The number of hydrogen-bond donors (Lipinski definition) is 1. The molecule has 1 spiro atoms. The molecule has 3 rings (SSSR count). The summed E-state index contributed by atoms with van der Waals surface area (Å²) in [4.78, 5) is 0. The molecular weight excluding hydrogens is 277 g/mol. The molecule has 2 aliphatic rings. The number of ether oxygens (including phenoxy) is 1. The average molecular weight is 298 g/mol. The Labute approximate surface area is 124 Å².